The van der Waals surface area contributed by atoms with Crippen LogP contribution in [-0.2, 0) is 16.0 Å². The summed E-state index contributed by atoms with van der Waals surface area (Å²) in [4.78, 5) is 21.1. The van der Waals surface area contributed by atoms with Gasteiger partial charge in [-0.2, -0.15) is 0 Å². The minimum absolute atomic E-state index is 0.114. The van der Waals surface area contributed by atoms with Gasteiger partial charge in [-0.1, -0.05) is 12.1 Å². The van der Waals surface area contributed by atoms with Crippen molar-refractivity contribution in [1.29, 1.82) is 0 Å². The molecule has 0 saturated carbocycles. The van der Waals surface area contributed by atoms with Crippen molar-refractivity contribution in [2.24, 2.45) is 0 Å². The molecule has 0 spiro atoms. The largest absolute Gasteiger partial charge is 0.490 e. The Kier molecular flexibility index (Phi) is 4.94. The Balaban J connectivity index is 2.45. The third-order valence-corrected chi connectivity index (χ3v) is 1.98. The van der Waals surface area contributed by atoms with Crippen LogP contribution >= 0.6 is 0 Å². The lowest BCUT2D eigenvalue weighted by Gasteiger charge is -2.03. The molecule has 0 unspecified atom stereocenters. The number of carboxylic acids is 1. The summed E-state index contributed by atoms with van der Waals surface area (Å²) in [5, 5.41) is 8.36. The Morgan fingerprint density at radius 3 is 2.47 bits per heavy atom. The van der Waals surface area contributed by atoms with Gasteiger partial charge in [0.05, 0.1) is 0 Å². The van der Waals surface area contributed by atoms with Crippen molar-refractivity contribution in [2.75, 3.05) is 6.61 Å². The molecule has 0 aliphatic carbocycles. The van der Waals surface area contributed by atoms with Crippen LogP contribution in [0.25, 0.3) is 0 Å². The van der Waals surface area contributed by atoms with Crippen LogP contribution in [0.1, 0.15) is 12.5 Å². The molecule has 0 saturated heterocycles. The van der Waals surface area contributed by atoms with Crippen LogP contribution in [0.4, 0.5) is 0 Å². The third kappa shape index (κ3) is 5.51. The first-order chi connectivity index (χ1) is 8.08. The molecule has 90 valence electrons. The Bertz CT molecular complexity index is 418. The molecule has 0 heterocycles. The number of ether oxygens (including phenoxy) is 1. The summed E-state index contributed by atoms with van der Waals surface area (Å²) in [6, 6.07) is 7.15. The lowest BCUT2D eigenvalue weighted by Crippen LogP contribution is -1.98. The van der Waals surface area contributed by atoms with Gasteiger partial charge in [-0.05, 0) is 30.7 Å². The lowest BCUT2D eigenvalue weighted by atomic mass is 10.1. The standard InChI is InChI=1S/C13H14O4/c1-10(14)9-11-4-6-12(7-5-11)17-8-2-3-13(15)16/h2-7H,8-9H2,1H3,(H,15,16)/b3-2+. The first-order valence-electron chi connectivity index (χ1n) is 5.18. The number of Topliss-reactive ketones (excluding diaryl/α,β-unsaturated/α-hetero) is 1. The lowest BCUT2D eigenvalue weighted by molar-refractivity contribution is -0.131. The summed E-state index contributed by atoms with van der Waals surface area (Å²) < 4.78 is 5.28. The first-order valence-corrected chi connectivity index (χ1v) is 5.18. The summed E-state index contributed by atoms with van der Waals surface area (Å²) in [5.41, 5.74) is 0.936. The molecule has 0 aromatic heterocycles. The van der Waals surface area contributed by atoms with Gasteiger partial charge in [-0.25, -0.2) is 4.79 Å². The molecule has 0 atom stereocenters. The van der Waals surface area contributed by atoms with Crippen LogP contribution in [0, 0.1) is 0 Å². The zero-order valence-corrected chi connectivity index (χ0v) is 9.55. The Morgan fingerprint density at radius 1 is 1.29 bits per heavy atom. The van der Waals surface area contributed by atoms with Gasteiger partial charge in [0.1, 0.15) is 18.1 Å². The zero-order chi connectivity index (χ0) is 12.7. The Labute approximate surface area is 99.5 Å². The smallest absolute Gasteiger partial charge is 0.328 e. The second-order valence-corrected chi connectivity index (χ2v) is 3.57. The molecule has 0 amide bonds. The van der Waals surface area contributed by atoms with E-state index >= 15 is 0 Å². The van der Waals surface area contributed by atoms with Gasteiger partial charge < -0.3 is 9.84 Å². The van der Waals surface area contributed by atoms with E-state index < -0.39 is 5.97 Å². The summed E-state index contributed by atoms with van der Waals surface area (Å²) in [5.74, 6) is -0.235. The molecular weight excluding hydrogens is 220 g/mol. The van der Waals surface area contributed by atoms with Gasteiger partial charge in [0.15, 0.2) is 0 Å². The van der Waals surface area contributed by atoms with E-state index in [4.69, 9.17) is 9.84 Å². The molecule has 4 nitrogen and oxygen atoms in total. The van der Waals surface area contributed by atoms with E-state index in [1.54, 1.807) is 19.1 Å². The van der Waals surface area contributed by atoms with Crippen LogP contribution in [0.15, 0.2) is 36.4 Å². The fourth-order valence-corrected chi connectivity index (χ4v) is 1.28. The highest BCUT2D eigenvalue weighted by atomic mass is 16.5. The minimum atomic E-state index is -0.995. The zero-order valence-electron chi connectivity index (χ0n) is 9.55. The number of aliphatic carboxylic acids is 1. The first kappa shape index (κ1) is 13.0. The molecule has 4 heteroatoms. The highest BCUT2D eigenvalue weighted by Gasteiger charge is 1.98. The van der Waals surface area contributed by atoms with Gasteiger partial charge in [0, 0.05) is 12.5 Å². The van der Waals surface area contributed by atoms with Crippen LogP contribution in [0.3, 0.4) is 0 Å². The number of carboxylic acid groups (broad SMARTS) is 1. The van der Waals surface area contributed by atoms with Gasteiger partial charge >= 0.3 is 5.97 Å². The maximum atomic E-state index is 10.9. The maximum absolute atomic E-state index is 10.9. The van der Waals surface area contributed by atoms with Crippen molar-refractivity contribution in [3.05, 3.63) is 42.0 Å². The van der Waals surface area contributed by atoms with E-state index in [1.807, 2.05) is 12.1 Å². The van der Waals surface area contributed by atoms with Gasteiger partial charge in [-0.15, -0.1) is 0 Å². The molecule has 1 rings (SSSR count). The molecule has 17 heavy (non-hydrogen) atoms. The number of rotatable bonds is 6. The van der Waals surface area contributed by atoms with E-state index in [-0.39, 0.29) is 12.4 Å². The predicted octanol–water partition coefficient (Wildman–Crippen LogP) is 1.84. The van der Waals surface area contributed by atoms with E-state index in [1.165, 1.54) is 6.08 Å². The SMILES string of the molecule is CC(=O)Cc1ccc(OC/C=C/C(=O)O)cc1. The number of carbonyl (C=O) groups excluding carboxylic acids is 1. The molecule has 0 fully saturated rings. The monoisotopic (exact) mass is 234 g/mol. The average Bonchev–Trinajstić information content (AvgIpc) is 2.25. The summed E-state index contributed by atoms with van der Waals surface area (Å²) in [7, 11) is 0. The summed E-state index contributed by atoms with van der Waals surface area (Å²) >= 11 is 0. The minimum Gasteiger partial charge on any atom is -0.490 e. The fourth-order valence-electron chi connectivity index (χ4n) is 1.28. The number of benzene rings is 1. The van der Waals surface area contributed by atoms with Crippen molar-refractivity contribution >= 4 is 11.8 Å². The topological polar surface area (TPSA) is 63.6 Å². The fraction of sp³-hybridized carbons (Fsp3) is 0.231. The highest BCUT2D eigenvalue weighted by molar-refractivity contribution is 5.79. The number of hydrogen-bond acceptors (Lipinski definition) is 3. The van der Waals surface area contributed by atoms with Crippen LogP contribution in [-0.4, -0.2) is 23.5 Å². The molecule has 0 aliphatic rings. The number of ketones is 1. The number of hydrogen-bond donors (Lipinski definition) is 1. The molecular formula is C13H14O4. The van der Waals surface area contributed by atoms with Gasteiger partial charge in [0.2, 0.25) is 0 Å². The quantitative estimate of drug-likeness (QED) is 0.763. The van der Waals surface area contributed by atoms with Crippen molar-refractivity contribution in [3.8, 4) is 5.75 Å². The van der Waals surface area contributed by atoms with Crippen molar-refractivity contribution < 1.29 is 19.4 Å². The van der Waals surface area contributed by atoms with E-state index in [0.29, 0.717) is 12.2 Å². The summed E-state index contributed by atoms with van der Waals surface area (Å²) in [6.07, 6.45) is 2.87. The van der Waals surface area contributed by atoms with E-state index in [0.717, 1.165) is 11.6 Å². The normalized spacial score (nSPS) is 10.4. The van der Waals surface area contributed by atoms with E-state index in [2.05, 4.69) is 0 Å². The second-order valence-electron chi connectivity index (χ2n) is 3.57. The molecule has 1 aromatic carbocycles. The van der Waals surface area contributed by atoms with Crippen molar-refractivity contribution in [3.63, 3.8) is 0 Å². The predicted molar refractivity (Wildman–Crippen MR) is 63.1 cm³/mol. The Morgan fingerprint density at radius 2 is 1.94 bits per heavy atom. The molecule has 1 aromatic rings. The molecule has 0 aliphatic heterocycles. The van der Waals surface area contributed by atoms with Crippen molar-refractivity contribution in [2.45, 2.75) is 13.3 Å². The van der Waals surface area contributed by atoms with E-state index in [9.17, 15) is 9.59 Å². The molecule has 1 N–H and O–H groups in total. The van der Waals surface area contributed by atoms with Crippen LogP contribution < -0.4 is 4.74 Å². The van der Waals surface area contributed by atoms with Crippen molar-refractivity contribution in [1.82, 2.24) is 0 Å². The van der Waals surface area contributed by atoms with Crippen LogP contribution in [0.2, 0.25) is 0 Å². The maximum Gasteiger partial charge on any atom is 0.328 e. The van der Waals surface area contributed by atoms with Gasteiger partial charge in [-0.3, -0.25) is 4.79 Å². The Hall–Kier alpha value is -2.10. The van der Waals surface area contributed by atoms with Gasteiger partial charge in [0.25, 0.3) is 0 Å². The molecule has 0 bridgehead atoms. The number of carbonyl (C=O) groups is 2. The molecule has 0 radical (unpaired) electrons. The second kappa shape index (κ2) is 6.48. The average molecular weight is 234 g/mol. The highest BCUT2D eigenvalue weighted by Crippen LogP contribution is 2.12. The van der Waals surface area contributed by atoms with Crippen LogP contribution in [0.5, 0.6) is 5.75 Å². The summed E-state index contributed by atoms with van der Waals surface area (Å²) in [6.45, 7) is 1.75. The third-order valence-electron chi connectivity index (χ3n) is 1.98.